The van der Waals surface area contributed by atoms with Crippen LogP contribution in [0.2, 0.25) is 5.02 Å². The van der Waals surface area contributed by atoms with Gasteiger partial charge in [-0.05, 0) is 12.6 Å². The smallest absolute Gasteiger partial charge is 0.271 e. The Morgan fingerprint density at radius 3 is 2.50 bits per heavy atom. The number of halogens is 1. The first-order valence-electron chi connectivity index (χ1n) is 7.18. The van der Waals surface area contributed by atoms with Crippen LogP contribution in [0.25, 0.3) is 0 Å². The molecular weight excluding hydrogens is 308 g/mol. The van der Waals surface area contributed by atoms with Crippen molar-refractivity contribution in [2.45, 2.75) is 6.92 Å². The van der Waals surface area contributed by atoms with Gasteiger partial charge < -0.3 is 10.2 Å². The van der Waals surface area contributed by atoms with E-state index >= 15 is 0 Å². The van der Waals surface area contributed by atoms with Gasteiger partial charge in [-0.1, -0.05) is 18.5 Å². The van der Waals surface area contributed by atoms with Gasteiger partial charge in [-0.3, -0.25) is 19.8 Å². The standard InChI is InChI=1S/C14H19ClN4O3/c1-2-17-5-7-18(8-6-17)10-14(20)16-13-4-3-11(19(21)22)9-12(13)15/h3-4,9H,2,5-8,10H2,1H3,(H,16,20). The summed E-state index contributed by atoms with van der Waals surface area (Å²) in [5.74, 6) is -0.166. The Hall–Kier alpha value is -1.70. The molecule has 0 unspecified atom stereocenters. The molecule has 7 nitrogen and oxygen atoms in total. The second-order valence-corrected chi connectivity index (χ2v) is 5.59. The molecule has 1 amide bonds. The van der Waals surface area contributed by atoms with Crippen LogP contribution >= 0.6 is 11.6 Å². The second-order valence-electron chi connectivity index (χ2n) is 5.18. The number of rotatable bonds is 5. The molecule has 2 rings (SSSR count). The number of carbonyl (C=O) groups is 1. The first-order chi connectivity index (χ1) is 10.5. The maximum absolute atomic E-state index is 12.0. The van der Waals surface area contributed by atoms with Gasteiger partial charge in [-0.2, -0.15) is 0 Å². The van der Waals surface area contributed by atoms with Crippen molar-refractivity contribution in [1.29, 1.82) is 0 Å². The zero-order chi connectivity index (χ0) is 16.1. The van der Waals surface area contributed by atoms with Crippen molar-refractivity contribution in [2.24, 2.45) is 0 Å². The first kappa shape index (κ1) is 16.7. The predicted molar refractivity (Wildman–Crippen MR) is 85.3 cm³/mol. The van der Waals surface area contributed by atoms with E-state index < -0.39 is 4.92 Å². The van der Waals surface area contributed by atoms with Crippen molar-refractivity contribution < 1.29 is 9.72 Å². The fraction of sp³-hybridized carbons (Fsp3) is 0.500. The summed E-state index contributed by atoms with van der Waals surface area (Å²) in [6.07, 6.45) is 0. The van der Waals surface area contributed by atoms with Gasteiger partial charge in [-0.15, -0.1) is 0 Å². The number of likely N-dealkylation sites (N-methyl/N-ethyl adjacent to an activating group) is 1. The third-order valence-electron chi connectivity index (χ3n) is 3.72. The molecule has 0 spiro atoms. The van der Waals surface area contributed by atoms with Gasteiger partial charge in [0.2, 0.25) is 5.91 Å². The molecule has 0 atom stereocenters. The van der Waals surface area contributed by atoms with Crippen molar-refractivity contribution in [1.82, 2.24) is 9.80 Å². The zero-order valence-corrected chi connectivity index (χ0v) is 13.2. The molecule has 1 saturated heterocycles. The number of benzene rings is 1. The molecule has 8 heteroatoms. The summed E-state index contributed by atoms with van der Waals surface area (Å²) >= 11 is 5.96. The Balaban J connectivity index is 1.88. The Labute approximate surface area is 134 Å². The molecule has 0 radical (unpaired) electrons. The highest BCUT2D eigenvalue weighted by Gasteiger charge is 2.18. The highest BCUT2D eigenvalue weighted by molar-refractivity contribution is 6.34. The van der Waals surface area contributed by atoms with Crippen LogP contribution in [-0.2, 0) is 4.79 Å². The molecule has 1 aromatic rings. The van der Waals surface area contributed by atoms with E-state index in [0.29, 0.717) is 12.2 Å². The number of piperazine rings is 1. The summed E-state index contributed by atoms with van der Waals surface area (Å²) in [6.45, 7) is 7.08. The number of non-ortho nitro benzene ring substituents is 1. The summed E-state index contributed by atoms with van der Waals surface area (Å²) in [6, 6.07) is 4.01. The van der Waals surface area contributed by atoms with E-state index in [-0.39, 0.29) is 16.6 Å². The summed E-state index contributed by atoms with van der Waals surface area (Å²) in [4.78, 5) is 26.6. The van der Waals surface area contributed by atoms with E-state index in [1.165, 1.54) is 18.2 Å². The molecule has 1 aromatic carbocycles. The van der Waals surface area contributed by atoms with Crippen LogP contribution in [0, 0.1) is 10.1 Å². The topological polar surface area (TPSA) is 78.7 Å². The lowest BCUT2D eigenvalue weighted by Crippen LogP contribution is -2.48. The normalized spacial score (nSPS) is 16.5. The maximum Gasteiger partial charge on any atom is 0.271 e. The van der Waals surface area contributed by atoms with E-state index in [1.807, 2.05) is 0 Å². The van der Waals surface area contributed by atoms with Gasteiger partial charge in [-0.25, -0.2) is 0 Å². The SMILES string of the molecule is CCN1CCN(CC(=O)Nc2ccc([N+](=O)[O-])cc2Cl)CC1. The molecule has 1 aliphatic rings. The highest BCUT2D eigenvalue weighted by Crippen LogP contribution is 2.26. The zero-order valence-electron chi connectivity index (χ0n) is 12.4. The minimum absolute atomic E-state index is 0.0984. The van der Waals surface area contributed by atoms with Gasteiger partial charge >= 0.3 is 0 Å². The third kappa shape index (κ3) is 4.40. The lowest BCUT2D eigenvalue weighted by molar-refractivity contribution is -0.384. The van der Waals surface area contributed by atoms with E-state index in [1.54, 1.807) is 0 Å². The van der Waals surface area contributed by atoms with Crippen LogP contribution in [-0.4, -0.2) is 59.9 Å². The number of hydrogen-bond donors (Lipinski definition) is 1. The fourth-order valence-corrected chi connectivity index (χ4v) is 2.60. The third-order valence-corrected chi connectivity index (χ3v) is 4.03. The fourth-order valence-electron chi connectivity index (χ4n) is 2.38. The number of carbonyl (C=O) groups excluding carboxylic acids is 1. The number of nitrogens with one attached hydrogen (secondary N) is 1. The molecule has 0 aromatic heterocycles. The Kier molecular flexibility index (Phi) is 5.70. The summed E-state index contributed by atoms with van der Waals surface area (Å²) < 4.78 is 0. The number of hydrogen-bond acceptors (Lipinski definition) is 5. The molecule has 0 aliphatic carbocycles. The lowest BCUT2D eigenvalue weighted by Gasteiger charge is -2.33. The molecule has 120 valence electrons. The van der Waals surface area contributed by atoms with E-state index in [9.17, 15) is 14.9 Å². The minimum atomic E-state index is -0.523. The van der Waals surface area contributed by atoms with Crippen LogP contribution in [0.1, 0.15) is 6.92 Å². The van der Waals surface area contributed by atoms with E-state index in [2.05, 4.69) is 22.0 Å². The minimum Gasteiger partial charge on any atom is -0.324 e. The monoisotopic (exact) mass is 326 g/mol. The molecule has 1 fully saturated rings. The van der Waals surface area contributed by atoms with Crippen LogP contribution in [0.5, 0.6) is 0 Å². The second kappa shape index (κ2) is 7.53. The van der Waals surface area contributed by atoms with Crippen molar-refractivity contribution in [3.8, 4) is 0 Å². The number of anilines is 1. The average Bonchev–Trinajstić information content (AvgIpc) is 2.50. The molecule has 0 bridgehead atoms. The van der Waals surface area contributed by atoms with Crippen molar-refractivity contribution in [3.63, 3.8) is 0 Å². The van der Waals surface area contributed by atoms with Gasteiger partial charge in [0.1, 0.15) is 0 Å². The average molecular weight is 327 g/mol. The van der Waals surface area contributed by atoms with Crippen LogP contribution in [0.4, 0.5) is 11.4 Å². The van der Waals surface area contributed by atoms with Crippen molar-refractivity contribution >= 4 is 28.9 Å². The molecule has 0 saturated carbocycles. The molecule has 1 N–H and O–H groups in total. The Morgan fingerprint density at radius 2 is 1.95 bits per heavy atom. The predicted octanol–water partition coefficient (Wildman–Crippen LogP) is 1.82. The first-order valence-corrected chi connectivity index (χ1v) is 7.56. The van der Waals surface area contributed by atoms with E-state index in [4.69, 9.17) is 11.6 Å². The Bertz CT molecular complexity index is 559. The number of nitro groups is 1. The highest BCUT2D eigenvalue weighted by atomic mass is 35.5. The largest absolute Gasteiger partial charge is 0.324 e. The van der Waals surface area contributed by atoms with Crippen LogP contribution in [0.15, 0.2) is 18.2 Å². The molecule has 1 heterocycles. The summed E-state index contributed by atoms with van der Waals surface area (Å²) in [7, 11) is 0. The molecule has 22 heavy (non-hydrogen) atoms. The summed E-state index contributed by atoms with van der Waals surface area (Å²) in [5, 5.41) is 13.5. The van der Waals surface area contributed by atoms with Gasteiger partial charge in [0.05, 0.1) is 22.2 Å². The van der Waals surface area contributed by atoms with Gasteiger partial charge in [0, 0.05) is 38.3 Å². The molecule has 1 aliphatic heterocycles. The van der Waals surface area contributed by atoms with Crippen molar-refractivity contribution in [3.05, 3.63) is 33.3 Å². The van der Waals surface area contributed by atoms with E-state index in [0.717, 1.165) is 32.7 Å². The van der Waals surface area contributed by atoms with Crippen LogP contribution < -0.4 is 5.32 Å². The lowest BCUT2D eigenvalue weighted by atomic mass is 10.2. The Morgan fingerprint density at radius 1 is 1.32 bits per heavy atom. The van der Waals surface area contributed by atoms with Gasteiger partial charge in [0.15, 0.2) is 0 Å². The maximum atomic E-state index is 12.0. The number of amides is 1. The van der Waals surface area contributed by atoms with Crippen molar-refractivity contribution in [2.75, 3.05) is 44.6 Å². The number of nitrogens with zero attached hydrogens (tertiary/aromatic N) is 3. The van der Waals surface area contributed by atoms with Gasteiger partial charge in [0.25, 0.3) is 5.69 Å². The quantitative estimate of drug-likeness (QED) is 0.659. The van der Waals surface area contributed by atoms with Crippen LogP contribution in [0.3, 0.4) is 0 Å². The summed E-state index contributed by atoms with van der Waals surface area (Å²) in [5.41, 5.74) is 0.295. The number of nitro benzene ring substituents is 1. The molecular formula is C14H19ClN4O3.